The Balaban J connectivity index is 1.89. The number of benzene rings is 1. The van der Waals surface area contributed by atoms with Gasteiger partial charge in [-0.15, -0.1) is 0 Å². The standard InChI is InChI=1S/C16H20ClN3OS/c1-10-6-7-12(17)14-13(10)18-16(22-14)20-8-4-5-11(9-20)15(21)19(2)3/h6-7,11H,4-5,8-9H2,1-3H3. The fourth-order valence-electron chi connectivity index (χ4n) is 2.94. The van der Waals surface area contributed by atoms with Crippen molar-refractivity contribution >= 4 is 44.2 Å². The van der Waals surface area contributed by atoms with Crippen LogP contribution in [0.15, 0.2) is 12.1 Å². The van der Waals surface area contributed by atoms with Crippen LogP contribution in [0.4, 0.5) is 5.13 Å². The molecule has 1 saturated heterocycles. The van der Waals surface area contributed by atoms with E-state index in [-0.39, 0.29) is 11.8 Å². The molecule has 1 amide bonds. The van der Waals surface area contributed by atoms with Gasteiger partial charge in [0.2, 0.25) is 5.91 Å². The van der Waals surface area contributed by atoms with Gasteiger partial charge in [-0.25, -0.2) is 4.98 Å². The molecule has 0 saturated carbocycles. The summed E-state index contributed by atoms with van der Waals surface area (Å²) in [5.41, 5.74) is 2.12. The number of hydrogen-bond donors (Lipinski definition) is 0. The monoisotopic (exact) mass is 337 g/mol. The second-order valence-corrected chi connectivity index (χ2v) is 7.44. The van der Waals surface area contributed by atoms with Crippen molar-refractivity contribution in [2.24, 2.45) is 5.92 Å². The lowest BCUT2D eigenvalue weighted by Gasteiger charge is -2.32. The normalized spacial score (nSPS) is 18.7. The molecule has 0 aliphatic carbocycles. The Labute approximate surface area is 139 Å². The molecular weight excluding hydrogens is 318 g/mol. The van der Waals surface area contributed by atoms with Crippen molar-refractivity contribution < 1.29 is 4.79 Å². The predicted molar refractivity (Wildman–Crippen MR) is 93.0 cm³/mol. The van der Waals surface area contributed by atoms with Gasteiger partial charge in [-0.3, -0.25) is 4.79 Å². The van der Waals surface area contributed by atoms with E-state index in [0.717, 1.165) is 51.9 Å². The van der Waals surface area contributed by atoms with Crippen LogP contribution in [-0.4, -0.2) is 43.0 Å². The van der Waals surface area contributed by atoms with Crippen LogP contribution in [0.3, 0.4) is 0 Å². The number of thiazole rings is 1. The van der Waals surface area contributed by atoms with Crippen molar-refractivity contribution in [1.82, 2.24) is 9.88 Å². The van der Waals surface area contributed by atoms with Gasteiger partial charge < -0.3 is 9.80 Å². The molecule has 22 heavy (non-hydrogen) atoms. The number of amides is 1. The second-order valence-electron chi connectivity index (χ2n) is 6.06. The molecule has 2 aromatic rings. The highest BCUT2D eigenvalue weighted by molar-refractivity contribution is 7.22. The van der Waals surface area contributed by atoms with Gasteiger partial charge >= 0.3 is 0 Å². The lowest BCUT2D eigenvalue weighted by atomic mass is 9.97. The third kappa shape index (κ3) is 2.79. The summed E-state index contributed by atoms with van der Waals surface area (Å²) in [6, 6.07) is 3.93. The van der Waals surface area contributed by atoms with E-state index < -0.39 is 0 Å². The van der Waals surface area contributed by atoms with E-state index in [0.29, 0.717) is 0 Å². The molecule has 1 aliphatic rings. The van der Waals surface area contributed by atoms with Crippen molar-refractivity contribution in [2.45, 2.75) is 19.8 Å². The van der Waals surface area contributed by atoms with E-state index in [2.05, 4.69) is 11.8 Å². The minimum Gasteiger partial charge on any atom is -0.349 e. The summed E-state index contributed by atoms with van der Waals surface area (Å²) in [7, 11) is 3.64. The zero-order valence-corrected chi connectivity index (χ0v) is 14.7. The molecule has 1 aromatic heterocycles. The van der Waals surface area contributed by atoms with Crippen LogP contribution in [0.2, 0.25) is 5.02 Å². The van der Waals surface area contributed by atoms with Crippen molar-refractivity contribution in [2.75, 3.05) is 32.1 Å². The molecule has 0 N–H and O–H groups in total. The van der Waals surface area contributed by atoms with Crippen LogP contribution in [0.5, 0.6) is 0 Å². The topological polar surface area (TPSA) is 36.4 Å². The molecule has 1 aromatic carbocycles. The smallest absolute Gasteiger partial charge is 0.226 e. The third-order valence-electron chi connectivity index (χ3n) is 4.17. The average molecular weight is 338 g/mol. The first kappa shape index (κ1) is 15.6. The number of rotatable bonds is 2. The van der Waals surface area contributed by atoms with Gasteiger partial charge in [-0.05, 0) is 31.4 Å². The summed E-state index contributed by atoms with van der Waals surface area (Å²) >= 11 is 7.92. The molecule has 1 aliphatic heterocycles. The van der Waals surface area contributed by atoms with Crippen molar-refractivity contribution in [3.05, 3.63) is 22.7 Å². The van der Waals surface area contributed by atoms with Crippen LogP contribution >= 0.6 is 22.9 Å². The zero-order valence-electron chi connectivity index (χ0n) is 13.1. The first-order valence-corrected chi connectivity index (χ1v) is 8.68. The number of hydrogen-bond acceptors (Lipinski definition) is 4. The Kier molecular flexibility index (Phi) is 4.28. The van der Waals surface area contributed by atoms with E-state index in [1.807, 2.05) is 26.2 Å². The Morgan fingerprint density at radius 3 is 2.91 bits per heavy atom. The van der Waals surface area contributed by atoms with Gasteiger partial charge in [0.15, 0.2) is 5.13 Å². The second kappa shape index (κ2) is 6.05. The van der Waals surface area contributed by atoms with E-state index in [1.165, 1.54) is 0 Å². The van der Waals surface area contributed by atoms with Crippen molar-refractivity contribution in [1.29, 1.82) is 0 Å². The van der Waals surface area contributed by atoms with Crippen molar-refractivity contribution in [3.63, 3.8) is 0 Å². The number of aromatic nitrogens is 1. The highest BCUT2D eigenvalue weighted by Crippen LogP contribution is 2.37. The number of carbonyl (C=O) groups is 1. The largest absolute Gasteiger partial charge is 0.349 e. The first-order chi connectivity index (χ1) is 10.5. The molecule has 3 rings (SSSR count). The molecule has 0 spiro atoms. The highest BCUT2D eigenvalue weighted by atomic mass is 35.5. The summed E-state index contributed by atoms with van der Waals surface area (Å²) in [6.07, 6.45) is 1.98. The van der Waals surface area contributed by atoms with Gasteiger partial charge in [0.25, 0.3) is 0 Å². The fourth-order valence-corrected chi connectivity index (χ4v) is 4.30. The number of aryl methyl sites for hydroxylation is 1. The molecule has 0 radical (unpaired) electrons. The van der Waals surface area contributed by atoms with Crippen LogP contribution in [0.1, 0.15) is 18.4 Å². The Bertz CT molecular complexity index is 674. The van der Waals surface area contributed by atoms with Gasteiger partial charge in [0.1, 0.15) is 0 Å². The first-order valence-electron chi connectivity index (χ1n) is 7.49. The number of anilines is 1. The Morgan fingerprint density at radius 1 is 1.45 bits per heavy atom. The zero-order chi connectivity index (χ0) is 15.9. The summed E-state index contributed by atoms with van der Waals surface area (Å²) in [6.45, 7) is 3.75. The molecule has 1 atom stereocenters. The minimum absolute atomic E-state index is 0.0623. The molecule has 1 unspecified atom stereocenters. The Morgan fingerprint density at radius 2 is 2.23 bits per heavy atom. The summed E-state index contributed by atoms with van der Waals surface area (Å²) in [5, 5.41) is 1.73. The van der Waals surface area contributed by atoms with Crippen LogP contribution in [0, 0.1) is 12.8 Å². The summed E-state index contributed by atoms with van der Waals surface area (Å²) in [5.74, 6) is 0.271. The number of fused-ring (bicyclic) bond motifs is 1. The number of carbonyl (C=O) groups excluding carboxylic acids is 1. The van der Waals surface area contributed by atoms with Crippen molar-refractivity contribution in [3.8, 4) is 0 Å². The highest BCUT2D eigenvalue weighted by Gasteiger charge is 2.28. The SMILES string of the molecule is Cc1ccc(Cl)c2sc(N3CCCC(C(=O)N(C)C)C3)nc12. The fraction of sp³-hybridized carbons (Fsp3) is 0.500. The van der Waals surface area contributed by atoms with E-state index in [1.54, 1.807) is 16.2 Å². The quantitative estimate of drug-likeness (QED) is 0.840. The van der Waals surface area contributed by atoms with E-state index in [9.17, 15) is 4.79 Å². The maximum absolute atomic E-state index is 12.2. The Hall–Kier alpha value is -1.33. The molecule has 4 nitrogen and oxygen atoms in total. The lowest BCUT2D eigenvalue weighted by molar-refractivity contribution is -0.133. The molecule has 0 bridgehead atoms. The van der Waals surface area contributed by atoms with Gasteiger partial charge in [-0.1, -0.05) is 29.0 Å². The molecule has 2 heterocycles. The summed E-state index contributed by atoms with van der Waals surface area (Å²) in [4.78, 5) is 20.9. The van der Waals surface area contributed by atoms with Gasteiger partial charge in [0.05, 0.1) is 21.2 Å². The van der Waals surface area contributed by atoms with Gasteiger partial charge in [-0.2, -0.15) is 0 Å². The minimum atomic E-state index is 0.0623. The van der Waals surface area contributed by atoms with Crippen LogP contribution in [0.25, 0.3) is 10.2 Å². The average Bonchev–Trinajstić information content (AvgIpc) is 2.97. The van der Waals surface area contributed by atoms with Crippen LogP contribution in [-0.2, 0) is 4.79 Å². The van der Waals surface area contributed by atoms with Crippen LogP contribution < -0.4 is 4.90 Å². The maximum atomic E-state index is 12.2. The van der Waals surface area contributed by atoms with E-state index in [4.69, 9.17) is 16.6 Å². The third-order valence-corrected chi connectivity index (χ3v) is 5.74. The van der Waals surface area contributed by atoms with E-state index >= 15 is 0 Å². The molecule has 1 fully saturated rings. The number of halogens is 1. The molecule has 118 valence electrons. The number of piperidine rings is 1. The predicted octanol–water partition coefficient (Wildman–Crippen LogP) is 3.56. The maximum Gasteiger partial charge on any atom is 0.226 e. The van der Waals surface area contributed by atoms with Gasteiger partial charge in [0, 0.05) is 27.2 Å². The molecule has 6 heteroatoms. The lowest BCUT2D eigenvalue weighted by Crippen LogP contribution is -2.42. The summed E-state index contributed by atoms with van der Waals surface area (Å²) < 4.78 is 1.04. The number of nitrogens with zero attached hydrogens (tertiary/aromatic N) is 3. The molecular formula is C16H20ClN3OS.